The Labute approximate surface area is 171 Å². The molecule has 1 aliphatic carbocycles. The summed E-state index contributed by atoms with van der Waals surface area (Å²) in [4.78, 5) is 22.1. The first kappa shape index (κ1) is 18.7. The van der Waals surface area contributed by atoms with Gasteiger partial charge in [0.15, 0.2) is 5.82 Å². The molecule has 0 bridgehead atoms. The van der Waals surface area contributed by atoms with Crippen LogP contribution in [0.15, 0.2) is 41.1 Å². The number of likely N-dealkylation sites (tertiary alicyclic amines) is 1. The molecule has 0 spiro atoms. The highest BCUT2D eigenvalue weighted by Crippen LogP contribution is 2.38. The zero-order valence-electron chi connectivity index (χ0n) is 16.1. The fraction of sp³-hybridized carbons (Fsp3) is 0.333. The normalized spacial score (nSPS) is 17.0. The molecule has 0 radical (unpaired) electrons. The van der Waals surface area contributed by atoms with Gasteiger partial charge in [0, 0.05) is 24.6 Å². The summed E-state index contributed by atoms with van der Waals surface area (Å²) in [5.41, 5.74) is 6.13. The zero-order chi connectivity index (χ0) is 20.7. The molecule has 1 aliphatic heterocycles. The summed E-state index contributed by atoms with van der Waals surface area (Å²) in [6.07, 6.45) is 3.98. The van der Waals surface area contributed by atoms with Gasteiger partial charge in [-0.25, -0.2) is 4.39 Å². The number of pyridine rings is 1. The van der Waals surface area contributed by atoms with Crippen molar-refractivity contribution in [3.8, 4) is 17.0 Å². The van der Waals surface area contributed by atoms with Crippen LogP contribution in [0.4, 0.5) is 4.39 Å². The second-order valence-corrected chi connectivity index (χ2v) is 7.69. The molecule has 0 unspecified atom stereocenters. The van der Waals surface area contributed by atoms with E-state index < -0.39 is 11.7 Å². The Bertz CT molecular complexity index is 1070. The number of hydrogen-bond acceptors (Lipinski definition) is 7. The number of primary amides is 1. The molecule has 1 aromatic carbocycles. The van der Waals surface area contributed by atoms with E-state index in [1.54, 1.807) is 24.4 Å². The molecular formula is C21H20FN5O3. The van der Waals surface area contributed by atoms with E-state index in [4.69, 9.17) is 15.0 Å². The monoisotopic (exact) mass is 409 g/mol. The molecule has 5 rings (SSSR count). The third-order valence-electron chi connectivity index (χ3n) is 5.28. The molecule has 30 heavy (non-hydrogen) atoms. The second-order valence-electron chi connectivity index (χ2n) is 7.69. The highest BCUT2D eigenvalue weighted by molar-refractivity contribution is 5.93. The zero-order valence-corrected chi connectivity index (χ0v) is 16.1. The lowest BCUT2D eigenvalue weighted by molar-refractivity contribution is 0.00844. The molecule has 2 fully saturated rings. The minimum Gasteiger partial charge on any atom is -0.486 e. The molecular weight excluding hydrogens is 389 g/mol. The molecule has 3 heterocycles. The summed E-state index contributed by atoms with van der Waals surface area (Å²) in [6, 6.07) is 7.77. The average Bonchev–Trinajstić information content (AvgIpc) is 3.45. The van der Waals surface area contributed by atoms with Crippen molar-refractivity contribution in [2.24, 2.45) is 5.73 Å². The first-order valence-corrected chi connectivity index (χ1v) is 9.82. The Hall–Kier alpha value is -3.33. The fourth-order valence-corrected chi connectivity index (χ4v) is 3.44. The number of halogens is 1. The highest BCUT2D eigenvalue weighted by atomic mass is 19.1. The van der Waals surface area contributed by atoms with E-state index in [1.165, 1.54) is 12.1 Å². The number of amides is 1. The SMILES string of the molecule is NC(=O)c1ccc(-c2ccc(OC3CN(Cc4nc(C5CC5)no4)C3)cn2)cc1F. The quantitative estimate of drug-likeness (QED) is 0.639. The van der Waals surface area contributed by atoms with E-state index in [0.717, 1.165) is 31.8 Å². The molecule has 154 valence electrons. The number of carbonyl (C=O) groups excluding carboxylic acids is 1. The van der Waals surface area contributed by atoms with Crippen molar-refractivity contribution in [3.63, 3.8) is 0 Å². The number of carbonyl (C=O) groups is 1. The summed E-state index contributed by atoms with van der Waals surface area (Å²) in [6.45, 7) is 2.16. The van der Waals surface area contributed by atoms with E-state index in [2.05, 4.69) is 20.0 Å². The summed E-state index contributed by atoms with van der Waals surface area (Å²) >= 11 is 0. The smallest absolute Gasteiger partial charge is 0.251 e. The maximum absolute atomic E-state index is 14.0. The third-order valence-corrected chi connectivity index (χ3v) is 5.28. The molecule has 1 saturated heterocycles. The van der Waals surface area contributed by atoms with Gasteiger partial charge in [0.1, 0.15) is 17.7 Å². The van der Waals surface area contributed by atoms with Crippen molar-refractivity contribution in [3.05, 3.63) is 59.6 Å². The van der Waals surface area contributed by atoms with Gasteiger partial charge in [-0.2, -0.15) is 4.98 Å². The van der Waals surface area contributed by atoms with Crippen LogP contribution in [0.3, 0.4) is 0 Å². The predicted molar refractivity (Wildman–Crippen MR) is 104 cm³/mol. The lowest BCUT2D eigenvalue weighted by Crippen LogP contribution is -2.53. The second kappa shape index (κ2) is 7.49. The summed E-state index contributed by atoms with van der Waals surface area (Å²) < 4.78 is 25.2. The Balaban J connectivity index is 1.14. The van der Waals surface area contributed by atoms with E-state index >= 15 is 0 Å². The van der Waals surface area contributed by atoms with E-state index in [9.17, 15) is 9.18 Å². The molecule has 1 saturated carbocycles. The number of hydrogen-bond donors (Lipinski definition) is 1. The van der Waals surface area contributed by atoms with Crippen LogP contribution >= 0.6 is 0 Å². The first-order valence-electron chi connectivity index (χ1n) is 9.82. The number of rotatable bonds is 7. The van der Waals surface area contributed by atoms with Crippen molar-refractivity contribution in [1.82, 2.24) is 20.0 Å². The van der Waals surface area contributed by atoms with E-state index in [0.29, 0.717) is 35.4 Å². The van der Waals surface area contributed by atoms with Gasteiger partial charge in [-0.15, -0.1) is 0 Å². The molecule has 2 aliphatic rings. The van der Waals surface area contributed by atoms with Gasteiger partial charge in [-0.3, -0.25) is 14.7 Å². The topological polar surface area (TPSA) is 107 Å². The lowest BCUT2D eigenvalue weighted by atomic mass is 10.1. The van der Waals surface area contributed by atoms with Crippen LogP contribution < -0.4 is 10.5 Å². The largest absolute Gasteiger partial charge is 0.486 e. The van der Waals surface area contributed by atoms with Crippen LogP contribution in [0.5, 0.6) is 5.75 Å². The van der Waals surface area contributed by atoms with Crippen LogP contribution in [-0.2, 0) is 6.54 Å². The number of ether oxygens (including phenoxy) is 1. The van der Waals surface area contributed by atoms with Crippen LogP contribution in [0.2, 0.25) is 0 Å². The highest BCUT2D eigenvalue weighted by Gasteiger charge is 2.32. The molecule has 8 nitrogen and oxygen atoms in total. The average molecular weight is 409 g/mol. The fourth-order valence-electron chi connectivity index (χ4n) is 3.44. The molecule has 3 aromatic rings. The number of nitrogens with zero attached hydrogens (tertiary/aromatic N) is 4. The maximum Gasteiger partial charge on any atom is 0.251 e. The van der Waals surface area contributed by atoms with Crippen molar-refractivity contribution < 1.29 is 18.4 Å². The molecule has 2 N–H and O–H groups in total. The maximum atomic E-state index is 14.0. The van der Waals surface area contributed by atoms with Gasteiger partial charge >= 0.3 is 0 Å². The van der Waals surface area contributed by atoms with Crippen molar-refractivity contribution in [1.29, 1.82) is 0 Å². The summed E-state index contributed by atoms with van der Waals surface area (Å²) in [5, 5.41) is 4.03. The minimum atomic E-state index is -0.798. The standard InChI is InChI=1S/C21H20FN5O3/c22-17-7-13(3-5-16(17)20(23)28)18-6-4-14(8-24-18)29-15-9-27(10-15)11-19-25-21(26-30-19)12-1-2-12/h3-8,12,15H,1-2,9-11H2,(H2,23,28). The van der Waals surface area contributed by atoms with Crippen LogP contribution in [-0.4, -0.2) is 45.1 Å². The number of nitrogens with two attached hydrogens (primary N) is 1. The van der Waals surface area contributed by atoms with Crippen LogP contribution in [0.25, 0.3) is 11.3 Å². The van der Waals surface area contributed by atoms with Gasteiger partial charge < -0.3 is 15.0 Å². The van der Waals surface area contributed by atoms with Gasteiger partial charge in [-0.1, -0.05) is 11.2 Å². The van der Waals surface area contributed by atoms with Gasteiger partial charge in [0.2, 0.25) is 5.89 Å². The van der Waals surface area contributed by atoms with Gasteiger partial charge in [0.25, 0.3) is 5.91 Å². The Kier molecular flexibility index (Phi) is 4.66. The Morgan fingerprint density at radius 3 is 2.77 bits per heavy atom. The number of benzene rings is 1. The lowest BCUT2D eigenvalue weighted by Gasteiger charge is -2.37. The predicted octanol–water partition coefficient (Wildman–Crippen LogP) is 2.51. The van der Waals surface area contributed by atoms with Crippen LogP contribution in [0.1, 0.15) is 40.8 Å². The molecule has 2 aromatic heterocycles. The van der Waals surface area contributed by atoms with Crippen molar-refractivity contribution in [2.75, 3.05) is 13.1 Å². The Morgan fingerprint density at radius 2 is 2.10 bits per heavy atom. The van der Waals surface area contributed by atoms with Crippen molar-refractivity contribution >= 4 is 5.91 Å². The van der Waals surface area contributed by atoms with Gasteiger partial charge in [-0.05, 0) is 37.1 Å². The number of aromatic nitrogens is 3. The first-order chi connectivity index (χ1) is 14.5. The Morgan fingerprint density at radius 1 is 1.27 bits per heavy atom. The van der Waals surface area contributed by atoms with Crippen LogP contribution in [0, 0.1) is 5.82 Å². The third kappa shape index (κ3) is 3.88. The molecule has 1 amide bonds. The molecule has 0 atom stereocenters. The van der Waals surface area contributed by atoms with E-state index in [-0.39, 0.29) is 11.7 Å². The molecule has 9 heteroatoms. The van der Waals surface area contributed by atoms with Gasteiger partial charge in [0.05, 0.1) is 24.0 Å². The summed E-state index contributed by atoms with van der Waals surface area (Å²) in [7, 11) is 0. The summed E-state index contributed by atoms with van der Waals surface area (Å²) in [5.74, 6) is 1.15. The minimum absolute atomic E-state index is 0.0655. The van der Waals surface area contributed by atoms with E-state index in [1.807, 2.05) is 0 Å². The van der Waals surface area contributed by atoms with Crippen molar-refractivity contribution in [2.45, 2.75) is 31.4 Å².